The Hall–Kier alpha value is 1.48. The molecule has 2 saturated heterocycles. The predicted molar refractivity (Wildman–Crippen MR) is 105 cm³/mol. The number of hydrogen-bond acceptors (Lipinski definition) is 0. The largest absolute Gasteiger partial charge is 2.00 e. The van der Waals surface area contributed by atoms with Crippen molar-refractivity contribution < 1.29 is 19.5 Å². The van der Waals surface area contributed by atoms with Gasteiger partial charge >= 0.3 is 19.5 Å². The number of rotatable bonds is 1. The van der Waals surface area contributed by atoms with Crippen molar-refractivity contribution in [2.24, 2.45) is 0 Å². The third kappa shape index (κ3) is 5.80. The molecule has 0 saturated carbocycles. The van der Waals surface area contributed by atoms with Crippen LogP contribution in [0.3, 0.4) is 0 Å². The Morgan fingerprint density at radius 3 is 1.19 bits per heavy atom. The quantitative estimate of drug-likeness (QED) is 0.267. The van der Waals surface area contributed by atoms with Crippen molar-refractivity contribution in [3.05, 3.63) is 14.9 Å². The van der Waals surface area contributed by atoms with Gasteiger partial charge in [-0.05, 0) is 67.2 Å². The molecule has 2 unspecified atom stereocenters. The van der Waals surface area contributed by atoms with Gasteiger partial charge in [-0.25, -0.2) is 0 Å². The molecule has 0 nitrogen and oxygen atoms in total. The molecular weight excluding hydrogens is 381 g/mol. The Morgan fingerprint density at radius 1 is 0.667 bits per heavy atom. The molecule has 21 heavy (non-hydrogen) atoms. The fourth-order valence-electron chi connectivity index (χ4n) is 4.49. The van der Waals surface area contributed by atoms with Crippen LogP contribution < -0.4 is 0 Å². The molecule has 2 fully saturated rings. The topological polar surface area (TPSA) is 0 Å². The van der Waals surface area contributed by atoms with Crippen LogP contribution in [-0.2, 0) is 19.5 Å². The first-order valence-corrected chi connectivity index (χ1v) is 11.5. The summed E-state index contributed by atoms with van der Waals surface area (Å²) in [6.07, 6.45) is 9.47. The molecule has 0 aromatic heterocycles. The normalized spacial score (nSPS) is 32.9. The Morgan fingerprint density at radius 2 is 0.952 bits per heavy atom. The minimum absolute atomic E-state index is 0. The van der Waals surface area contributed by atoms with Crippen LogP contribution in [0.5, 0.6) is 0 Å². The maximum absolute atomic E-state index is 2.53. The molecule has 0 aromatic rings. The smallest absolute Gasteiger partial charge is 0.358 e. The van der Waals surface area contributed by atoms with E-state index in [4.69, 9.17) is 0 Å². The van der Waals surface area contributed by atoms with Gasteiger partial charge in [0.15, 0.2) is 0 Å². The fraction of sp³-hybridized carbons (Fsp3) is 0.889. The van der Waals surface area contributed by atoms with Crippen LogP contribution >= 0.6 is 15.8 Å². The summed E-state index contributed by atoms with van der Waals surface area (Å²) in [4.78, 5) is 0. The fourth-order valence-corrected chi connectivity index (χ4v) is 13.7. The number of hydrogen-bond donors (Lipinski definition) is 0. The van der Waals surface area contributed by atoms with E-state index in [0.717, 1.165) is 0 Å². The van der Waals surface area contributed by atoms with Gasteiger partial charge in [0.25, 0.3) is 0 Å². The summed E-state index contributed by atoms with van der Waals surface area (Å²) < 4.78 is 0. The molecule has 129 valence electrons. The zero-order valence-corrected chi connectivity index (χ0v) is 19.4. The van der Waals surface area contributed by atoms with Gasteiger partial charge in [-0.3, -0.25) is 0 Å². The van der Waals surface area contributed by atoms with Gasteiger partial charge in [0.2, 0.25) is 0 Å². The Bertz CT molecular complexity index is 261. The van der Waals surface area contributed by atoms with Crippen molar-refractivity contribution in [1.82, 2.24) is 0 Å². The van der Waals surface area contributed by atoms with Crippen LogP contribution in [0.25, 0.3) is 0 Å². The summed E-state index contributed by atoms with van der Waals surface area (Å²) in [6, 6.07) is 0. The van der Waals surface area contributed by atoms with E-state index in [1.807, 2.05) is 0 Å². The van der Waals surface area contributed by atoms with Gasteiger partial charge in [0, 0.05) is 15.8 Å². The van der Waals surface area contributed by atoms with Gasteiger partial charge in [-0.15, -0.1) is 0 Å². The van der Waals surface area contributed by atoms with E-state index < -0.39 is 0 Å². The second-order valence-corrected chi connectivity index (χ2v) is 16.1. The molecule has 0 amide bonds. The van der Waals surface area contributed by atoms with Gasteiger partial charge in [-0.2, -0.15) is 0 Å². The van der Waals surface area contributed by atoms with Crippen LogP contribution in [0, 0.1) is 14.9 Å². The van der Waals surface area contributed by atoms with Gasteiger partial charge in [0.05, 0.1) is 22.6 Å². The van der Waals surface area contributed by atoms with Crippen molar-refractivity contribution in [3.63, 3.8) is 0 Å². The van der Waals surface area contributed by atoms with Crippen LogP contribution in [0.4, 0.5) is 0 Å². The molecule has 0 bridgehead atoms. The molecule has 2 heterocycles. The molecule has 4 atom stereocenters. The van der Waals surface area contributed by atoms with Crippen molar-refractivity contribution in [3.8, 4) is 0 Å². The first-order valence-electron chi connectivity index (χ1n) is 7.93. The first kappa shape index (κ1) is 24.7. The van der Waals surface area contributed by atoms with E-state index in [0.29, 0.717) is 10.3 Å². The van der Waals surface area contributed by atoms with Crippen molar-refractivity contribution in [2.75, 3.05) is 12.3 Å². The van der Waals surface area contributed by atoms with E-state index in [1.54, 1.807) is 38.0 Å². The molecule has 0 aliphatic carbocycles. The van der Waals surface area contributed by atoms with E-state index in [-0.39, 0.29) is 50.2 Å². The van der Waals surface area contributed by atoms with Gasteiger partial charge in [0.1, 0.15) is 11.3 Å². The third-order valence-corrected chi connectivity index (χ3v) is 14.4. The van der Waals surface area contributed by atoms with E-state index in [1.165, 1.54) is 11.3 Å². The molecule has 0 aromatic carbocycles. The van der Waals surface area contributed by atoms with Gasteiger partial charge < -0.3 is 14.9 Å². The summed E-state index contributed by atoms with van der Waals surface area (Å²) >= 11 is 0. The monoisotopic (exact) mass is 421 g/mol. The minimum atomic E-state index is -0.116. The van der Waals surface area contributed by atoms with E-state index in [9.17, 15) is 0 Å². The van der Waals surface area contributed by atoms with Crippen LogP contribution in [0.1, 0.15) is 67.2 Å². The zero-order chi connectivity index (χ0) is 13.6. The maximum atomic E-state index is 2.53. The first-order chi connectivity index (χ1) is 8.21. The molecule has 2 aliphatic rings. The molecule has 2 rings (SSSR count). The Kier molecular flexibility index (Phi) is 10.7. The second kappa shape index (κ2) is 9.09. The SMILES string of the molecule is CC(C)(C)[PH+]1CCC[C@@H]1[C@H]1CCC[PH+]1C(C)(C)C.[CH3-].[CH3-].[Rh+2]. The third-order valence-electron chi connectivity index (χ3n) is 5.23. The van der Waals surface area contributed by atoms with E-state index in [2.05, 4.69) is 41.5 Å². The van der Waals surface area contributed by atoms with Crippen molar-refractivity contribution in [1.29, 1.82) is 0 Å². The molecular formula is C18H40P2Rh+2. The Labute approximate surface area is 151 Å². The molecule has 2 aliphatic heterocycles. The molecule has 0 spiro atoms. The summed E-state index contributed by atoms with van der Waals surface area (Å²) in [7, 11) is -0.231. The Balaban J connectivity index is 0. The predicted octanol–water partition coefficient (Wildman–Crippen LogP) is 6.23. The average molecular weight is 421 g/mol. The van der Waals surface area contributed by atoms with Crippen LogP contribution in [0.15, 0.2) is 0 Å². The summed E-state index contributed by atoms with van der Waals surface area (Å²) in [5, 5.41) is 1.28. The maximum Gasteiger partial charge on any atom is 2.00 e. The van der Waals surface area contributed by atoms with Crippen molar-refractivity contribution >= 4 is 15.8 Å². The molecule has 1 radical (unpaired) electrons. The van der Waals surface area contributed by atoms with E-state index >= 15 is 0 Å². The molecule has 3 heteroatoms. The summed E-state index contributed by atoms with van der Waals surface area (Å²) in [5.41, 5.74) is 2.34. The summed E-state index contributed by atoms with van der Waals surface area (Å²) in [5.74, 6) is 0. The second-order valence-electron chi connectivity index (χ2n) is 8.55. The minimum Gasteiger partial charge on any atom is -0.358 e. The average Bonchev–Trinajstić information content (AvgIpc) is 2.83. The van der Waals surface area contributed by atoms with Crippen LogP contribution in [0.2, 0.25) is 0 Å². The molecule has 0 N–H and O–H groups in total. The zero-order valence-electron chi connectivity index (χ0n) is 15.7. The van der Waals surface area contributed by atoms with Crippen LogP contribution in [-0.4, -0.2) is 34.0 Å². The van der Waals surface area contributed by atoms with Gasteiger partial charge in [-0.1, -0.05) is 0 Å². The standard InChI is InChI=1S/C16H32P2.2CH3.Rh/c1-15(2,3)17-11-7-9-13(17)14-10-8-12-18(14)16(4,5)6;;;/h13-14H,7-12H2,1-6H3;2*1H3;/q;2*-1;+2/p+2/t13-,14-,17?,18?;;;/m1.../s1. The van der Waals surface area contributed by atoms with Crippen molar-refractivity contribution in [2.45, 2.75) is 88.9 Å². The summed E-state index contributed by atoms with van der Waals surface area (Å²) in [6.45, 7) is 15.2.